The van der Waals surface area contributed by atoms with Crippen molar-refractivity contribution < 1.29 is 9.84 Å². The van der Waals surface area contributed by atoms with Crippen LogP contribution in [0.15, 0.2) is 18.3 Å². The van der Waals surface area contributed by atoms with Crippen LogP contribution in [-0.4, -0.2) is 28.5 Å². The molecule has 2 rings (SSSR count). The van der Waals surface area contributed by atoms with E-state index in [0.29, 0.717) is 10.8 Å². The van der Waals surface area contributed by atoms with Crippen molar-refractivity contribution >= 4 is 22.5 Å². The summed E-state index contributed by atoms with van der Waals surface area (Å²) in [5, 5.41) is 16.8. The quantitative estimate of drug-likeness (QED) is 0.812. The Balaban J connectivity index is 2.44. The number of ether oxygens (including phenoxy) is 1. The minimum absolute atomic E-state index is 0.0220. The van der Waals surface area contributed by atoms with Crippen molar-refractivity contribution in [2.45, 2.75) is 0 Å². The summed E-state index contributed by atoms with van der Waals surface area (Å²) in [7, 11) is 0. The molecule has 2 N–H and O–H groups in total. The lowest BCUT2D eigenvalue weighted by Gasteiger charge is -2.05. The molecule has 0 radical (unpaired) electrons. The molecule has 0 spiro atoms. The number of aromatic amines is 1. The van der Waals surface area contributed by atoms with Crippen molar-refractivity contribution in [3.8, 4) is 5.75 Å². The third kappa shape index (κ3) is 1.66. The maximum Gasteiger partial charge on any atom is 0.131 e. The molecule has 0 aliphatic carbocycles. The van der Waals surface area contributed by atoms with Gasteiger partial charge in [-0.25, -0.2) is 0 Å². The lowest BCUT2D eigenvalue weighted by Crippen LogP contribution is -2.01. The Bertz CT molecular complexity index is 441. The van der Waals surface area contributed by atoms with E-state index in [9.17, 15) is 0 Å². The van der Waals surface area contributed by atoms with Crippen LogP contribution in [0, 0.1) is 0 Å². The predicted octanol–water partition coefficient (Wildman–Crippen LogP) is 1.59. The molecular formula is C9H9ClN2O2. The first-order valence-corrected chi connectivity index (χ1v) is 4.55. The Morgan fingerprint density at radius 1 is 1.50 bits per heavy atom. The number of hydrogen-bond acceptors (Lipinski definition) is 3. The molecule has 0 saturated heterocycles. The van der Waals surface area contributed by atoms with Crippen LogP contribution in [0.25, 0.3) is 10.9 Å². The van der Waals surface area contributed by atoms with Gasteiger partial charge in [-0.1, -0.05) is 11.6 Å². The highest BCUT2D eigenvalue weighted by Gasteiger charge is 2.05. The van der Waals surface area contributed by atoms with Crippen LogP contribution in [0.1, 0.15) is 0 Å². The Labute approximate surface area is 85.5 Å². The van der Waals surface area contributed by atoms with E-state index in [0.717, 1.165) is 10.9 Å². The van der Waals surface area contributed by atoms with Crippen LogP contribution in [0.5, 0.6) is 5.75 Å². The summed E-state index contributed by atoms with van der Waals surface area (Å²) < 4.78 is 5.31. The van der Waals surface area contributed by atoms with Crippen molar-refractivity contribution in [2.75, 3.05) is 13.2 Å². The lowest BCUT2D eigenvalue weighted by molar-refractivity contribution is 0.203. The highest BCUT2D eigenvalue weighted by atomic mass is 35.5. The first-order valence-electron chi connectivity index (χ1n) is 4.17. The minimum atomic E-state index is -0.0220. The summed E-state index contributed by atoms with van der Waals surface area (Å²) in [5.74, 6) is 0.635. The fourth-order valence-electron chi connectivity index (χ4n) is 1.26. The van der Waals surface area contributed by atoms with Gasteiger partial charge in [0.25, 0.3) is 0 Å². The van der Waals surface area contributed by atoms with Gasteiger partial charge in [0.1, 0.15) is 12.4 Å². The van der Waals surface area contributed by atoms with Crippen molar-refractivity contribution in [3.05, 3.63) is 23.4 Å². The Kier molecular flexibility index (Phi) is 2.56. The lowest BCUT2D eigenvalue weighted by atomic mass is 10.2. The molecule has 0 amide bonds. The number of nitrogens with one attached hydrogen (secondary N) is 1. The van der Waals surface area contributed by atoms with Crippen LogP contribution >= 0.6 is 11.6 Å². The van der Waals surface area contributed by atoms with E-state index in [-0.39, 0.29) is 13.2 Å². The van der Waals surface area contributed by atoms with Crippen molar-refractivity contribution in [3.63, 3.8) is 0 Å². The van der Waals surface area contributed by atoms with Crippen LogP contribution in [0.2, 0.25) is 5.02 Å². The van der Waals surface area contributed by atoms with Crippen molar-refractivity contribution in [1.29, 1.82) is 0 Å². The molecule has 74 valence electrons. The monoisotopic (exact) mass is 212 g/mol. The van der Waals surface area contributed by atoms with Crippen LogP contribution in [-0.2, 0) is 0 Å². The van der Waals surface area contributed by atoms with Gasteiger partial charge in [0, 0.05) is 5.02 Å². The number of halogens is 1. The normalized spacial score (nSPS) is 10.7. The van der Waals surface area contributed by atoms with E-state index in [1.807, 2.05) is 0 Å². The zero-order valence-corrected chi connectivity index (χ0v) is 8.08. The second kappa shape index (κ2) is 3.86. The predicted molar refractivity (Wildman–Crippen MR) is 53.7 cm³/mol. The Morgan fingerprint density at radius 2 is 2.36 bits per heavy atom. The number of aliphatic hydroxyl groups is 1. The molecule has 1 aromatic carbocycles. The van der Waals surface area contributed by atoms with Gasteiger partial charge in [-0.15, -0.1) is 0 Å². The summed E-state index contributed by atoms with van der Waals surface area (Å²) in [6.45, 7) is 0.229. The molecule has 0 aliphatic heterocycles. The van der Waals surface area contributed by atoms with Crippen LogP contribution < -0.4 is 4.74 Å². The summed E-state index contributed by atoms with van der Waals surface area (Å²) >= 11 is 5.87. The fourth-order valence-corrected chi connectivity index (χ4v) is 1.47. The zero-order chi connectivity index (χ0) is 9.97. The molecule has 0 fully saturated rings. The van der Waals surface area contributed by atoms with Gasteiger partial charge in [0.05, 0.1) is 23.7 Å². The van der Waals surface area contributed by atoms with E-state index in [2.05, 4.69) is 10.2 Å². The third-order valence-electron chi connectivity index (χ3n) is 1.83. The molecule has 2 aromatic rings. The molecule has 0 atom stereocenters. The highest BCUT2D eigenvalue weighted by Crippen LogP contribution is 2.28. The van der Waals surface area contributed by atoms with Gasteiger partial charge in [0.2, 0.25) is 0 Å². The molecular weight excluding hydrogens is 204 g/mol. The maximum absolute atomic E-state index is 8.64. The number of fused-ring (bicyclic) bond motifs is 1. The van der Waals surface area contributed by atoms with E-state index in [1.165, 1.54) is 0 Å². The van der Waals surface area contributed by atoms with Gasteiger partial charge in [-0.2, -0.15) is 5.10 Å². The molecule has 1 aromatic heterocycles. The van der Waals surface area contributed by atoms with Crippen molar-refractivity contribution in [1.82, 2.24) is 10.2 Å². The molecule has 0 bridgehead atoms. The van der Waals surface area contributed by atoms with Crippen LogP contribution in [0.3, 0.4) is 0 Å². The van der Waals surface area contributed by atoms with Gasteiger partial charge in [-0.3, -0.25) is 5.10 Å². The molecule has 5 heteroatoms. The van der Waals surface area contributed by atoms with Crippen LogP contribution in [0.4, 0.5) is 0 Å². The summed E-state index contributed by atoms with van der Waals surface area (Å²) in [6.07, 6.45) is 1.67. The van der Waals surface area contributed by atoms with E-state index >= 15 is 0 Å². The number of hydrogen-bond donors (Lipinski definition) is 2. The number of nitrogens with zero attached hydrogens (tertiary/aromatic N) is 1. The Morgan fingerprint density at radius 3 is 3.14 bits per heavy atom. The third-order valence-corrected chi connectivity index (χ3v) is 2.05. The molecule has 0 unspecified atom stereocenters. The number of aliphatic hydroxyl groups excluding tert-OH is 1. The van der Waals surface area contributed by atoms with E-state index in [4.69, 9.17) is 21.4 Å². The maximum atomic E-state index is 8.64. The average Bonchev–Trinajstić information content (AvgIpc) is 2.61. The summed E-state index contributed by atoms with van der Waals surface area (Å²) in [6, 6.07) is 3.48. The zero-order valence-electron chi connectivity index (χ0n) is 7.33. The van der Waals surface area contributed by atoms with E-state index < -0.39 is 0 Å². The first kappa shape index (κ1) is 9.30. The number of H-pyrrole nitrogens is 1. The highest BCUT2D eigenvalue weighted by molar-refractivity contribution is 6.31. The molecule has 14 heavy (non-hydrogen) atoms. The number of benzene rings is 1. The van der Waals surface area contributed by atoms with Gasteiger partial charge in [0.15, 0.2) is 0 Å². The van der Waals surface area contributed by atoms with E-state index in [1.54, 1.807) is 18.3 Å². The largest absolute Gasteiger partial charge is 0.490 e. The fraction of sp³-hybridized carbons (Fsp3) is 0.222. The molecule has 1 heterocycles. The molecule has 4 nitrogen and oxygen atoms in total. The standard InChI is InChI=1S/C9H9ClN2O2/c10-6-3-8-7(5-11-12-8)9(4-6)14-2-1-13/h3-5,13H,1-2H2,(H,11,12). The SMILES string of the molecule is OCCOc1cc(Cl)cc2[nH]ncc12. The smallest absolute Gasteiger partial charge is 0.131 e. The minimum Gasteiger partial charge on any atom is -0.490 e. The van der Waals surface area contributed by atoms with Gasteiger partial charge in [-0.05, 0) is 12.1 Å². The topological polar surface area (TPSA) is 58.1 Å². The number of rotatable bonds is 3. The first-order chi connectivity index (χ1) is 6.81. The van der Waals surface area contributed by atoms with Gasteiger partial charge >= 0.3 is 0 Å². The van der Waals surface area contributed by atoms with Crippen molar-refractivity contribution in [2.24, 2.45) is 0 Å². The molecule has 0 saturated carbocycles. The molecule has 0 aliphatic rings. The van der Waals surface area contributed by atoms with Gasteiger partial charge < -0.3 is 9.84 Å². The summed E-state index contributed by atoms with van der Waals surface area (Å²) in [4.78, 5) is 0. The second-order valence-electron chi connectivity index (χ2n) is 2.81. The average molecular weight is 213 g/mol. The second-order valence-corrected chi connectivity index (χ2v) is 3.24. The Hall–Kier alpha value is -1.26. The summed E-state index contributed by atoms with van der Waals surface area (Å²) in [5.41, 5.74) is 0.824. The number of aromatic nitrogens is 2.